The van der Waals surface area contributed by atoms with Gasteiger partial charge in [-0.1, -0.05) is 18.2 Å². The molecule has 0 spiro atoms. The smallest absolute Gasteiger partial charge is 0.222 e. The molecule has 1 unspecified atom stereocenters. The van der Waals surface area contributed by atoms with E-state index in [0.29, 0.717) is 43.1 Å². The summed E-state index contributed by atoms with van der Waals surface area (Å²) < 4.78 is 16.1. The van der Waals surface area contributed by atoms with Crippen molar-refractivity contribution in [2.75, 3.05) is 34.9 Å². The highest BCUT2D eigenvalue weighted by molar-refractivity contribution is 6.02. The lowest BCUT2D eigenvalue weighted by atomic mass is 9.98. The Morgan fingerprint density at radius 1 is 1.10 bits per heavy atom. The highest BCUT2D eigenvalue weighted by Gasteiger charge is 2.31. The topological polar surface area (TPSA) is 65.1 Å². The van der Waals surface area contributed by atoms with Crippen LogP contribution in [0.1, 0.15) is 39.9 Å². The summed E-state index contributed by atoms with van der Waals surface area (Å²) in [6, 6.07) is 9.66. The first kappa shape index (κ1) is 22.7. The number of carbonyl (C=O) groups is 2. The standard InChI is InChI=1S/C25H31NO5/c1-16-7-6-8-19-20(16)15-18(24(19)28)9-10-23(27)26(2)12-11-17-13-21(29-3)25(31-5)22(14-17)30-4/h6-8,13-14,18H,9-12,15H2,1-5H3. The maximum Gasteiger partial charge on any atom is 0.222 e. The fourth-order valence-electron chi connectivity index (χ4n) is 4.19. The van der Waals surface area contributed by atoms with Crippen LogP contribution < -0.4 is 14.2 Å². The molecule has 0 saturated carbocycles. The van der Waals surface area contributed by atoms with E-state index in [1.807, 2.05) is 37.3 Å². The van der Waals surface area contributed by atoms with Crippen molar-refractivity contribution in [2.24, 2.45) is 5.92 Å². The van der Waals surface area contributed by atoms with Gasteiger partial charge in [-0.05, 0) is 55.0 Å². The van der Waals surface area contributed by atoms with Gasteiger partial charge < -0.3 is 19.1 Å². The predicted molar refractivity (Wildman–Crippen MR) is 119 cm³/mol. The number of likely N-dealkylation sites (N-methyl/N-ethyl adjacent to an activating group) is 1. The number of carbonyl (C=O) groups excluding carboxylic acids is 2. The van der Waals surface area contributed by atoms with Crippen LogP contribution in [0.15, 0.2) is 30.3 Å². The van der Waals surface area contributed by atoms with E-state index in [0.717, 1.165) is 28.7 Å². The van der Waals surface area contributed by atoms with Gasteiger partial charge in [-0.15, -0.1) is 0 Å². The lowest BCUT2D eigenvalue weighted by Gasteiger charge is -2.19. The average molecular weight is 426 g/mol. The number of ether oxygens (including phenoxy) is 3. The Hall–Kier alpha value is -3.02. The van der Waals surface area contributed by atoms with Gasteiger partial charge in [0.1, 0.15) is 0 Å². The molecule has 6 nitrogen and oxygen atoms in total. The van der Waals surface area contributed by atoms with Crippen LogP contribution in [0.4, 0.5) is 0 Å². The van der Waals surface area contributed by atoms with Crippen LogP contribution in [0.25, 0.3) is 0 Å². The Kier molecular flexibility index (Phi) is 7.21. The highest BCUT2D eigenvalue weighted by atomic mass is 16.5. The van der Waals surface area contributed by atoms with Crippen molar-refractivity contribution in [1.29, 1.82) is 0 Å². The number of hydrogen-bond donors (Lipinski definition) is 0. The summed E-state index contributed by atoms with van der Waals surface area (Å²) in [7, 11) is 6.54. The molecule has 1 aliphatic carbocycles. The zero-order valence-corrected chi connectivity index (χ0v) is 19.0. The first-order valence-electron chi connectivity index (χ1n) is 10.5. The molecule has 6 heteroatoms. The molecule has 0 aliphatic heterocycles. The minimum absolute atomic E-state index is 0.0490. The van der Waals surface area contributed by atoms with Crippen LogP contribution in [0.3, 0.4) is 0 Å². The average Bonchev–Trinajstić information content (AvgIpc) is 3.11. The molecule has 0 aromatic heterocycles. The molecule has 0 radical (unpaired) electrons. The third-order valence-electron chi connectivity index (χ3n) is 6.09. The van der Waals surface area contributed by atoms with Gasteiger partial charge in [0, 0.05) is 31.5 Å². The van der Waals surface area contributed by atoms with Crippen LogP contribution in [0, 0.1) is 12.8 Å². The normalized spacial score (nSPS) is 14.9. The fourth-order valence-corrected chi connectivity index (χ4v) is 4.19. The summed E-state index contributed by atoms with van der Waals surface area (Å²) in [6.07, 6.45) is 2.35. The van der Waals surface area contributed by atoms with E-state index >= 15 is 0 Å². The number of nitrogens with zero attached hydrogens (tertiary/aromatic N) is 1. The van der Waals surface area contributed by atoms with Gasteiger partial charge >= 0.3 is 0 Å². The molecule has 0 heterocycles. The minimum atomic E-state index is -0.0939. The largest absolute Gasteiger partial charge is 0.493 e. The van der Waals surface area contributed by atoms with E-state index in [4.69, 9.17) is 14.2 Å². The summed E-state index contributed by atoms with van der Waals surface area (Å²) in [5.74, 6) is 1.87. The Balaban J connectivity index is 1.55. The summed E-state index contributed by atoms with van der Waals surface area (Å²) in [5.41, 5.74) is 4.11. The lowest BCUT2D eigenvalue weighted by Crippen LogP contribution is -2.29. The van der Waals surface area contributed by atoms with Crippen LogP contribution in [-0.4, -0.2) is 51.5 Å². The van der Waals surface area contributed by atoms with E-state index in [-0.39, 0.29) is 17.6 Å². The lowest BCUT2D eigenvalue weighted by molar-refractivity contribution is -0.130. The fraction of sp³-hybridized carbons (Fsp3) is 0.440. The van der Waals surface area contributed by atoms with E-state index in [1.54, 1.807) is 33.3 Å². The van der Waals surface area contributed by atoms with Crippen molar-refractivity contribution in [3.05, 3.63) is 52.6 Å². The zero-order valence-electron chi connectivity index (χ0n) is 19.0. The second-order valence-corrected chi connectivity index (χ2v) is 8.00. The first-order valence-corrected chi connectivity index (χ1v) is 10.5. The van der Waals surface area contributed by atoms with Crippen molar-refractivity contribution < 1.29 is 23.8 Å². The van der Waals surface area contributed by atoms with Gasteiger partial charge in [0.05, 0.1) is 21.3 Å². The maximum atomic E-state index is 12.7. The monoisotopic (exact) mass is 425 g/mol. The van der Waals surface area contributed by atoms with Crippen molar-refractivity contribution in [2.45, 2.75) is 32.6 Å². The van der Waals surface area contributed by atoms with Crippen molar-refractivity contribution in [3.8, 4) is 17.2 Å². The van der Waals surface area contributed by atoms with Gasteiger partial charge in [0.2, 0.25) is 11.7 Å². The number of aryl methyl sites for hydroxylation is 1. The molecule has 0 saturated heterocycles. The highest BCUT2D eigenvalue weighted by Crippen LogP contribution is 2.38. The van der Waals surface area contributed by atoms with Crippen molar-refractivity contribution >= 4 is 11.7 Å². The van der Waals surface area contributed by atoms with Crippen molar-refractivity contribution in [3.63, 3.8) is 0 Å². The van der Waals surface area contributed by atoms with E-state index in [9.17, 15) is 9.59 Å². The number of benzene rings is 2. The van der Waals surface area contributed by atoms with Gasteiger partial charge in [0.25, 0.3) is 0 Å². The quantitative estimate of drug-likeness (QED) is 0.610. The van der Waals surface area contributed by atoms with E-state index in [1.165, 1.54) is 0 Å². The molecule has 31 heavy (non-hydrogen) atoms. The van der Waals surface area contributed by atoms with Gasteiger partial charge in [-0.2, -0.15) is 0 Å². The van der Waals surface area contributed by atoms with Gasteiger partial charge in [-0.25, -0.2) is 0 Å². The Morgan fingerprint density at radius 3 is 2.35 bits per heavy atom. The number of ketones is 1. The second kappa shape index (κ2) is 9.86. The SMILES string of the molecule is COc1cc(CCN(C)C(=O)CCC2Cc3c(C)cccc3C2=O)cc(OC)c1OC. The first-order chi connectivity index (χ1) is 14.9. The summed E-state index contributed by atoms with van der Waals surface area (Å²) in [4.78, 5) is 27.0. The zero-order chi connectivity index (χ0) is 22.5. The Bertz CT molecular complexity index is 943. The van der Waals surface area contributed by atoms with Crippen LogP contribution in [0.2, 0.25) is 0 Å². The summed E-state index contributed by atoms with van der Waals surface area (Å²) in [5, 5.41) is 0. The molecule has 166 valence electrons. The Morgan fingerprint density at radius 2 is 1.77 bits per heavy atom. The third kappa shape index (κ3) is 4.84. The predicted octanol–water partition coefficient (Wildman–Crippen LogP) is 3.86. The molecule has 3 rings (SSSR count). The van der Waals surface area contributed by atoms with Crippen LogP contribution in [0.5, 0.6) is 17.2 Å². The van der Waals surface area contributed by atoms with E-state index in [2.05, 4.69) is 0 Å². The number of methoxy groups -OCH3 is 3. The molecule has 1 aliphatic rings. The molecule has 2 aromatic carbocycles. The molecule has 0 fully saturated rings. The number of amides is 1. The molecular formula is C25H31NO5. The third-order valence-corrected chi connectivity index (χ3v) is 6.09. The van der Waals surface area contributed by atoms with Crippen molar-refractivity contribution in [1.82, 2.24) is 4.90 Å². The maximum absolute atomic E-state index is 12.7. The number of hydrogen-bond acceptors (Lipinski definition) is 5. The van der Waals surface area contributed by atoms with Gasteiger partial charge in [-0.3, -0.25) is 9.59 Å². The van der Waals surface area contributed by atoms with E-state index < -0.39 is 0 Å². The summed E-state index contributed by atoms with van der Waals surface area (Å²) in [6.45, 7) is 2.60. The summed E-state index contributed by atoms with van der Waals surface area (Å²) >= 11 is 0. The molecule has 1 amide bonds. The van der Waals surface area contributed by atoms with Gasteiger partial charge in [0.15, 0.2) is 17.3 Å². The number of fused-ring (bicyclic) bond motifs is 1. The van der Waals surface area contributed by atoms with Crippen LogP contribution >= 0.6 is 0 Å². The molecule has 2 aromatic rings. The number of rotatable bonds is 9. The Labute approximate surface area is 184 Å². The second-order valence-electron chi connectivity index (χ2n) is 8.00. The minimum Gasteiger partial charge on any atom is -0.493 e. The molecule has 0 bridgehead atoms. The molecule has 0 N–H and O–H groups in total. The molecule has 1 atom stereocenters. The molecular weight excluding hydrogens is 394 g/mol. The number of Topliss-reactive ketones (excluding diaryl/α,β-unsaturated/α-hetero) is 1. The van der Waals surface area contributed by atoms with Crippen LogP contribution in [-0.2, 0) is 17.6 Å².